The van der Waals surface area contributed by atoms with Crippen LogP contribution in [0.5, 0.6) is 0 Å². The maximum absolute atomic E-state index is 2.40. The van der Waals surface area contributed by atoms with E-state index in [0.29, 0.717) is 0 Å². The predicted octanol–water partition coefficient (Wildman–Crippen LogP) is 13.2. The molecule has 0 spiro atoms. The van der Waals surface area contributed by atoms with Gasteiger partial charge in [-0.3, -0.25) is 0 Å². The van der Waals surface area contributed by atoms with E-state index in [1.54, 1.807) is 0 Å². The maximum atomic E-state index is 2.40. The fourth-order valence-corrected chi connectivity index (χ4v) is 7.38. The Labute approximate surface area is 286 Å². The summed E-state index contributed by atoms with van der Waals surface area (Å²) in [4.78, 5) is 4.73. The van der Waals surface area contributed by atoms with Gasteiger partial charge < -0.3 is 9.80 Å². The van der Waals surface area contributed by atoms with Crippen molar-refractivity contribution in [2.45, 2.75) is 0 Å². The lowest BCUT2D eigenvalue weighted by Gasteiger charge is -2.28. The molecule has 0 saturated carbocycles. The van der Waals surface area contributed by atoms with Crippen LogP contribution in [0.2, 0.25) is 0 Å². The molecule has 232 valence electrons. The highest BCUT2D eigenvalue weighted by atomic mass is 15.1. The van der Waals surface area contributed by atoms with Gasteiger partial charge in [-0.05, 0) is 75.1 Å². The summed E-state index contributed by atoms with van der Waals surface area (Å²) in [5.41, 5.74) is 8.20. The molecule has 9 aromatic rings. The molecule has 0 heterocycles. The minimum Gasteiger partial charge on any atom is -0.344 e. The number of anilines is 5. The van der Waals surface area contributed by atoms with Gasteiger partial charge in [0, 0.05) is 40.0 Å². The fourth-order valence-electron chi connectivity index (χ4n) is 7.38. The molecule has 0 radical (unpaired) electrons. The minimum absolute atomic E-state index is 1.12. The molecule has 0 aromatic heterocycles. The van der Waals surface area contributed by atoms with Crippen LogP contribution in [0.25, 0.3) is 54.2 Å². The Kier molecular flexibility index (Phi) is 7.06. The van der Waals surface area contributed by atoms with Crippen LogP contribution < -0.4 is 9.80 Å². The molecule has 0 atom stereocenters. The minimum atomic E-state index is 1.12. The average Bonchev–Trinajstić information content (AvgIpc) is 3.17. The highest BCUT2D eigenvalue weighted by Crippen LogP contribution is 2.43. The van der Waals surface area contributed by atoms with Gasteiger partial charge in [0.1, 0.15) is 0 Å². The normalized spacial score (nSPS) is 11.4. The van der Waals surface area contributed by atoms with Crippen LogP contribution in [0.15, 0.2) is 188 Å². The Morgan fingerprint density at radius 2 is 0.714 bits per heavy atom. The molecule has 0 fully saturated rings. The topological polar surface area (TPSA) is 6.48 Å². The molecular weight excluding hydrogens is 593 g/mol. The molecule has 0 bridgehead atoms. The lowest BCUT2D eigenvalue weighted by Crippen LogP contribution is -2.11. The zero-order valence-electron chi connectivity index (χ0n) is 27.3. The summed E-state index contributed by atoms with van der Waals surface area (Å²) in [6, 6.07) is 68.0. The Morgan fingerprint density at radius 3 is 1.20 bits per heavy atom. The lowest BCUT2D eigenvalue weighted by atomic mass is 9.99. The molecule has 9 aromatic carbocycles. The highest BCUT2D eigenvalue weighted by Gasteiger charge is 2.18. The van der Waals surface area contributed by atoms with E-state index in [9.17, 15) is 0 Å². The van der Waals surface area contributed by atoms with E-state index in [-0.39, 0.29) is 0 Å². The van der Waals surface area contributed by atoms with Gasteiger partial charge in [0.15, 0.2) is 0 Å². The number of benzene rings is 9. The Hall–Kier alpha value is -6.38. The predicted molar refractivity (Wildman–Crippen MR) is 211 cm³/mol. The molecule has 9 rings (SSSR count). The molecule has 0 amide bonds. The van der Waals surface area contributed by atoms with Crippen LogP contribution in [0.4, 0.5) is 28.4 Å². The van der Waals surface area contributed by atoms with Crippen molar-refractivity contribution in [3.63, 3.8) is 0 Å². The van der Waals surface area contributed by atoms with Crippen LogP contribution in [0.3, 0.4) is 0 Å². The van der Waals surface area contributed by atoms with Crippen molar-refractivity contribution in [3.8, 4) is 11.1 Å². The van der Waals surface area contributed by atoms with Crippen molar-refractivity contribution in [2.75, 3.05) is 16.8 Å². The third kappa shape index (κ3) is 5.06. The van der Waals surface area contributed by atoms with Gasteiger partial charge in [0.2, 0.25) is 0 Å². The van der Waals surface area contributed by atoms with Crippen LogP contribution >= 0.6 is 0 Å². The second-order valence-corrected chi connectivity index (χ2v) is 12.7. The zero-order chi connectivity index (χ0) is 32.7. The Bertz CT molecular complexity index is 2480. The van der Waals surface area contributed by atoms with E-state index in [1.165, 1.54) is 59.9 Å². The largest absolute Gasteiger partial charge is 0.344 e. The summed E-state index contributed by atoms with van der Waals surface area (Å²) in [5, 5.41) is 9.91. The zero-order valence-corrected chi connectivity index (χ0v) is 27.3. The SMILES string of the molecule is CN(c1ccc(-c2ccc(N(c3cccc4ccccc34)c3cccc4ccccc34)cc2)cc1)c1c2ccccc2cc2ccccc12. The molecule has 0 aliphatic carbocycles. The van der Waals surface area contributed by atoms with Crippen molar-refractivity contribution in [2.24, 2.45) is 0 Å². The number of hydrogen-bond acceptors (Lipinski definition) is 2. The summed E-state index contributed by atoms with van der Waals surface area (Å²) in [6.45, 7) is 0. The van der Waals surface area contributed by atoms with Crippen LogP contribution in [-0.2, 0) is 0 Å². The second kappa shape index (κ2) is 12.0. The lowest BCUT2D eigenvalue weighted by molar-refractivity contribution is 1.23. The summed E-state index contributed by atoms with van der Waals surface area (Å²) in [7, 11) is 2.17. The summed E-state index contributed by atoms with van der Waals surface area (Å²) in [6.07, 6.45) is 0. The van der Waals surface area contributed by atoms with Gasteiger partial charge in [0.25, 0.3) is 0 Å². The summed E-state index contributed by atoms with van der Waals surface area (Å²) in [5.74, 6) is 0. The van der Waals surface area contributed by atoms with Crippen LogP contribution in [0, 0.1) is 0 Å². The van der Waals surface area contributed by atoms with E-state index in [2.05, 4.69) is 205 Å². The smallest absolute Gasteiger partial charge is 0.0567 e. The molecular formula is C47H34N2. The molecule has 0 saturated heterocycles. The van der Waals surface area contributed by atoms with E-state index < -0.39 is 0 Å². The van der Waals surface area contributed by atoms with Gasteiger partial charge in [-0.15, -0.1) is 0 Å². The molecule has 0 aliphatic heterocycles. The maximum Gasteiger partial charge on any atom is 0.0567 e. The van der Waals surface area contributed by atoms with Crippen molar-refractivity contribution in [1.29, 1.82) is 0 Å². The van der Waals surface area contributed by atoms with Crippen molar-refractivity contribution >= 4 is 71.5 Å². The van der Waals surface area contributed by atoms with Crippen LogP contribution in [-0.4, -0.2) is 7.05 Å². The monoisotopic (exact) mass is 626 g/mol. The van der Waals surface area contributed by atoms with Gasteiger partial charge >= 0.3 is 0 Å². The van der Waals surface area contributed by atoms with E-state index >= 15 is 0 Å². The van der Waals surface area contributed by atoms with Crippen molar-refractivity contribution in [1.82, 2.24) is 0 Å². The average molecular weight is 627 g/mol. The first kappa shape index (κ1) is 28.8. The van der Waals surface area contributed by atoms with Gasteiger partial charge in [-0.25, -0.2) is 0 Å². The van der Waals surface area contributed by atoms with Crippen molar-refractivity contribution in [3.05, 3.63) is 188 Å². The van der Waals surface area contributed by atoms with E-state index in [4.69, 9.17) is 0 Å². The Balaban J connectivity index is 1.10. The molecule has 2 heteroatoms. The standard InChI is InChI=1S/C47H34N2/c1-48(47-43-20-8-4-14-37(43)32-38-15-5-9-21-44(38)47)39-28-24-33(25-29-39)34-26-30-40(31-27-34)49(45-22-10-16-35-12-2-6-18-41(35)45)46-23-11-17-36-13-3-7-19-42(36)46/h2-32H,1H3. The number of fused-ring (bicyclic) bond motifs is 4. The quantitative estimate of drug-likeness (QED) is 0.169. The fraction of sp³-hybridized carbons (Fsp3) is 0.0213. The first-order valence-electron chi connectivity index (χ1n) is 16.8. The Morgan fingerprint density at radius 1 is 0.327 bits per heavy atom. The number of hydrogen-bond donors (Lipinski definition) is 0. The summed E-state index contributed by atoms with van der Waals surface area (Å²) >= 11 is 0. The molecule has 2 nitrogen and oxygen atoms in total. The van der Waals surface area contributed by atoms with Gasteiger partial charge in [0.05, 0.1) is 17.1 Å². The third-order valence-corrected chi connectivity index (χ3v) is 9.81. The van der Waals surface area contributed by atoms with Gasteiger partial charge in [-0.1, -0.05) is 146 Å². The second-order valence-electron chi connectivity index (χ2n) is 12.7. The molecule has 0 N–H and O–H groups in total. The van der Waals surface area contributed by atoms with Gasteiger partial charge in [-0.2, -0.15) is 0 Å². The van der Waals surface area contributed by atoms with E-state index in [1.807, 2.05) is 0 Å². The molecule has 0 unspecified atom stereocenters. The number of nitrogens with zero attached hydrogens (tertiary/aromatic N) is 2. The third-order valence-electron chi connectivity index (χ3n) is 9.81. The number of rotatable bonds is 6. The first-order valence-corrected chi connectivity index (χ1v) is 16.8. The van der Waals surface area contributed by atoms with Crippen molar-refractivity contribution < 1.29 is 0 Å². The highest BCUT2D eigenvalue weighted by molar-refractivity contribution is 6.12. The molecule has 0 aliphatic rings. The summed E-state index contributed by atoms with van der Waals surface area (Å²) < 4.78 is 0. The van der Waals surface area contributed by atoms with E-state index in [0.717, 1.165) is 22.7 Å². The first-order chi connectivity index (χ1) is 24.2. The molecule has 49 heavy (non-hydrogen) atoms. The van der Waals surface area contributed by atoms with Crippen LogP contribution in [0.1, 0.15) is 0 Å².